The molecule has 5 rings (SSSR count). The van der Waals surface area contributed by atoms with Crippen molar-refractivity contribution in [3.05, 3.63) is 69.4 Å². The molecule has 5 aromatic rings. The van der Waals surface area contributed by atoms with Crippen LogP contribution in [0.15, 0.2) is 41.9 Å². The second-order valence-corrected chi connectivity index (χ2v) is 9.96. The second kappa shape index (κ2) is 8.27. The zero-order chi connectivity index (χ0) is 22.4. The molecule has 0 spiro atoms. The van der Waals surface area contributed by atoms with Crippen LogP contribution in [0.4, 0.5) is 5.13 Å². The predicted octanol–water partition coefficient (Wildman–Crippen LogP) is 6.03. The first-order valence-electron chi connectivity index (χ1n) is 10.1. The molecule has 0 aliphatic rings. The topological polar surface area (TPSA) is 63.9 Å². The summed E-state index contributed by atoms with van der Waals surface area (Å²) in [5.74, 6) is -0.0929. The Morgan fingerprint density at radius 1 is 1.12 bits per heavy atom. The first kappa shape index (κ1) is 21.1. The van der Waals surface area contributed by atoms with E-state index in [0.717, 1.165) is 37.4 Å². The molecule has 0 atom stereocenters. The van der Waals surface area contributed by atoms with Gasteiger partial charge in [-0.2, -0.15) is 5.10 Å². The van der Waals surface area contributed by atoms with Crippen molar-refractivity contribution in [3.8, 4) is 0 Å². The summed E-state index contributed by atoms with van der Waals surface area (Å²) in [6, 6.07) is 11.5. The largest absolute Gasteiger partial charge is 0.282 e. The molecule has 2 aromatic carbocycles. The van der Waals surface area contributed by atoms with Crippen molar-refractivity contribution in [1.29, 1.82) is 0 Å². The lowest BCUT2D eigenvalue weighted by molar-refractivity contribution is 0.0986. The van der Waals surface area contributed by atoms with E-state index in [1.165, 1.54) is 22.7 Å². The Morgan fingerprint density at radius 3 is 2.75 bits per heavy atom. The number of thiazole rings is 2. The third kappa shape index (κ3) is 3.79. The van der Waals surface area contributed by atoms with E-state index >= 15 is 0 Å². The molecule has 0 radical (unpaired) electrons. The van der Waals surface area contributed by atoms with Gasteiger partial charge in [0.15, 0.2) is 5.13 Å². The van der Waals surface area contributed by atoms with Gasteiger partial charge >= 0.3 is 0 Å². The molecule has 9 heteroatoms. The number of nitrogens with zero attached hydrogens (tertiary/aromatic N) is 5. The average molecular weight is 482 g/mol. The molecule has 32 heavy (non-hydrogen) atoms. The van der Waals surface area contributed by atoms with Crippen LogP contribution >= 0.6 is 34.3 Å². The normalized spacial score (nSPS) is 11.5. The number of aryl methyl sites for hydroxylation is 3. The van der Waals surface area contributed by atoms with Crippen molar-refractivity contribution in [2.75, 3.05) is 11.4 Å². The number of fused-ring (bicyclic) bond motifs is 2. The van der Waals surface area contributed by atoms with Gasteiger partial charge in [0, 0.05) is 22.8 Å². The quantitative estimate of drug-likeness (QED) is 0.307. The van der Waals surface area contributed by atoms with Crippen LogP contribution in [0.25, 0.3) is 20.4 Å². The number of rotatable bonds is 5. The van der Waals surface area contributed by atoms with E-state index in [0.29, 0.717) is 28.8 Å². The summed E-state index contributed by atoms with van der Waals surface area (Å²) >= 11 is 9.33. The van der Waals surface area contributed by atoms with Gasteiger partial charge in [-0.05, 0) is 62.7 Å². The summed E-state index contributed by atoms with van der Waals surface area (Å²) in [5, 5.41) is 5.87. The monoisotopic (exact) mass is 481 g/mol. The lowest BCUT2D eigenvalue weighted by Crippen LogP contribution is -2.34. The highest BCUT2D eigenvalue weighted by molar-refractivity contribution is 7.22. The zero-order valence-corrected chi connectivity index (χ0v) is 20.2. The Balaban J connectivity index is 1.55. The molecule has 0 aliphatic heterocycles. The van der Waals surface area contributed by atoms with Gasteiger partial charge in [-0.3, -0.25) is 14.4 Å². The number of carbonyl (C=O) groups is 1. The molecule has 0 unspecified atom stereocenters. The Morgan fingerprint density at radius 2 is 1.97 bits per heavy atom. The van der Waals surface area contributed by atoms with Crippen LogP contribution in [0.5, 0.6) is 0 Å². The lowest BCUT2D eigenvalue weighted by Gasteiger charge is -2.20. The smallest absolute Gasteiger partial charge is 0.260 e. The summed E-state index contributed by atoms with van der Waals surface area (Å²) in [7, 11) is 0. The van der Waals surface area contributed by atoms with Crippen LogP contribution in [-0.4, -0.2) is 32.2 Å². The van der Waals surface area contributed by atoms with E-state index < -0.39 is 0 Å². The van der Waals surface area contributed by atoms with E-state index in [9.17, 15) is 4.79 Å². The van der Waals surface area contributed by atoms with Crippen LogP contribution in [0, 0.1) is 20.8 Å². The molecule has 0 fully saturated rings. The first-order chi connectivity index (χ1) is 15.4. The number of anilines is 1. The second-order valence-electron chi connectivity index (χ2n) is 7.66. The molecule has 0 N–H and O–H groups in total. The molecule has 162 valence electrons. The van der Waals surface area contributed by atoms with Crippen molar-refractivity contribution in [3.63, 3.8) is 0 Å². The molecular weight excluding hydrogens is 462 g/mol. The van der Waals surface area contributed by atoms with E-state index in [1.807, 2.05) is 61.9 Å². The Labute approximate surface area is 198 Å². The first-order valence-corrected chi connectivity index (χ1v) is 12.2. The Kier molecular flexibility index (Phi) is 5.44. The average Bonchev–Trinajstić information content (AvgIpc) is 3.49. The number of halogens is 1. The highest BCUT2D eigenvalue weighted by Crippen LogP contribution is 2.34. The fraction of sp³-hybridized carbons (Fsp3) is 0.217. The van der Waals surface area contributed by atoms with Crippen molar-refractivity contribution in [2.45, 2.75) is 27.3 Å². The molecular formula is C23H20ClN5OS2. The Hall–Kier alpha value is -2.81. The van der Waals surface area contributed by atoms with Crippen molar-refractivity contribution in [2.24, 2.45) is 0 Å². The minimum Gasteiger partial charge on any atom is -0.282 e. The van der Waals surface area contributed by atoms with Crippen molar-refractivity contribution >= 4 is 65.7 Å². The van der Waals surface area contributed by atoms with Gasteiger partial charge in [-0.25, -0.2) is 9.97 Å². The summed E-state index contributed by atoms with van der Waals surface area (Å²) < 4.78 is 3.92. The molecule has 6 nitrogen and oxygen atoms in total. The molecule has 0 saturated carbocycles. The molecule has 3 aromatic heterocycles. The van der Waals surface area contributed by atoms with E-state index in [1.54, 1.807) is 10.4 Å². The van der Waals surface area contributed by atoms with Gasteiger partial charge in [0.2, 0.25) is 0 Å². The summed E-state index contributed by atoms with van der Waals surface area (Å²) in [5.41, 5.74) is 7.08. The fourth-order valence-electron chi connectivity index (χ4n) is 3.73. The standard InChI is InChI=1S/C23H20ClN5OS2/c1-13-10-14(2)29(27-13)9-8-28(22(30)16-4-6-18-20(11-16)31-12-25-18)23-26-21-15(3)17(24)5-7-19(21)32-23/h4-7,10-12H,8-9H2,1-3H3. The van der Waals surface area contributed by atoms with Crippen molar-refractivity contribution in [1.82, 2.24) is 19.7 Å². The molecule has 0 bridgehead atoms. The summed E-state index contributed by atoms with van der Waals surface area (Å²) in [6.45, 7) is 6.97. The Bertz CT molecular complexity index is 1470. The lowest BCUT2D eigenvalue weighted by atomic mass is 10.2. The zero-order valence-electron chi connectivity index (χ0n) is 17.8. The van der Waals surface area contributed by atoms with E-state index in [4.69, 9.17) is 16.6 Å². The van der Waals surface area contributed by atoms with Gasteiger partial charge in [0.25, 0.3) is 5.91 Å². The van der Waals surface area contributed by atoms with Gasteiger partial charge in [0.05, 0.1) is 38.2 Å². The van der Waals surface area contributed by atoms with Gasteiger partial charge < -0.3 is 0 Å². The van der Waals surface area contributed by atoms with Crippen LogP contribution in [0.3, 0.4) is 0 Å². The number of hydrogen-bond donors (Lipinski definition) is 0. The van der Waals surface area contributed by atoms with Gasteiger partial charge in [-0.15, -0.1) is 11.3 Å². The van der Waals surface area contributed by atoms with E-state index in [-0.39, 0.29) is 5.91 Å². The van der Waals surface area contributed by atoms with Gasteiger partial charge in [0.1, 0.15) is 0 Å². The molecule has 0 saturated heterocycles. The van der Waals surface area contributed by atoms with Crippen LogP contribution in [0.2, 0.25) is 5.02 Å². The maximum atomic E-state index is 13.7. The summed E-state index contributed by atoms with van der Waals surface area (Å²) in [4.78, 5) is 24.5. The fourth-order valence-corrected chi connectivity index (χ4v) is 5.65. The number of hydrogen-bond acceptors (Lipinski definition) is 6. The van der Waals surface area contributed by atoms with Gasteiger partial charge in [-0.1, -0.05) is 22.9 Å². The number of carbonyl (C=O) groups excluding carboxylic acids is 1. The van der Waals surface area contributed by atoms with Crippen LogP contribution < -0.4 is 4.90 Å². The third-order valence-corrected chi connectivity index (χ3v) is 7.67. The highest BCUT2D eigenvalue weighted by atomic mass is 35.5. The van der Waals surface area contributed by atoms with Crippen LogP contribution in [-0.2, 0) is 6.54 Å². The summed E-state index contributed by atoms with van der Waals surface area (Å²) in [6.07, 6.45) is 0. The minimum atomic E-state index is -0.0929. The molecule has 0 aliphatic carbocycles. The van der Waals surface area contributed by atoms with E-state index in [2.05, 4.69) is 10.1 Å². The maximum absolute atomic E-state index is 13.7. The molecule has 3 heterocycles. The molecule has 1 amide bonds. The third-order valence-electron chi connectivity index (χ3n) is 5.43. The van der Waals surface area contributed by atoms with Crippen LogP contribution in [0.1, 0.15) is 27.3 Å². The SMILES string of the molecule is Cc1cc(C)n(CCN(C(=O)c2ccc3ncsc3c2)c2nc3c(C)c(Cl)ccc3s2)n1. The predicted molar refractivity (Wildman–Crippen MR) is 132 cm³/mol. The highest BCUT2D eigenvalue weighted by Gasteiger charge is 2.23. The maximum Gasteiger partial charge on any atom is 0.260 e. The van der Waals surface area contributed by atoms with Crippen molar-refractivity contribution < 1.29 is 4.79 Å². The number of amides is 1. The minimum absolute atomic E-state index is 0.0929. The number of benzene rings is 2. The number of aromatic nitrogens is 4.